The highest BCUT2D eigenvalue weighted by Gasteiger charge is 2.04. The summed E-state index contributed by atoms with van der Waals surface area (Å²) in [6, 6.07) is 7.55. The third-order valence-corrected chi connectivity index (χ3v) is 3.23. The number of hydrogen-bond acceptors (Lipinski definition) is 3. The van der Waals surface area contributed by atoms with Gasteiger partial charge in [0.1, 0.15) is 0 Å². The van der Waals surface area contributed by atoms with E-state index in [1.165, 1.54) is 0 Å². The SMILES string of the molecule is Cc1ccc(Oc2cc(C)c(Br)cn2)c(N)c1. The topological polar surface area (TPSA) is 48.1 Å². The van der Waals surface area contributed by atoms with Crippen molar-refractivity contribution in [2.24, 2.45) is 0 Å². The van der Waals surface area contributed by atoms with Crippen molar-refractivity contribution in [2.75, 3.05) is 5.73 Å². The molecule has 1 aromatic heterocycles. The number of nitrogen functional groups attached to an aromatic ring is 1. The average Bonchev–Trinajstić information content (AvgIpc) is 2.27. The lowest BCUT2D eigenvalue weighted by Crippen LogP contribution is -1.94. The molecule has 0 spiro atoms. The molecule has 3 nitrogen and oxygen atoms in total. The Labute approximate surface area is 109 Å². The molecular weight excluding hydrogens is 280 g/mol. The summed E-state index contributed by atoms with van der Waals surface area (Å²) in [5.74, 6) is 1.17. The van der Waals surface area contributed by atoms with Crippen molar-refractivity contribution in [3.63, 3.8) is 0 Å². The summed E-state index contributed by atoms with van der Waals surface area (Å²) >= 11 is 3.40. The number of pyridine rings is 1. The van der Waals surface area contributed by atoms with E-state index < -0.39 is 0 Å². The highest BCUT2D eigenvalue weighted by molar-refractivity contribution is 9.10. The van der Waals surface area contributed by atoms with Gasteiger partial charge in [-0.15, -0.1) is 0 Å². The first-order chi connectivity index (χ1) is 8.06. The fraction of sp³-hybridized carbons (Fsp3) is 0.154. The maximum Gasteiger partial charge on any atom is 0.219 e. The molecule has 2 rings (SSSR count). The van der Waals surface area contributed by atoms with E-state index >= 15 is 0 Å². The van der Waals surface area contributed by atoms with E-state index in [9.17, 15) is 0 Å². The fourth-order valence-electron chi connectivity index (χ4n) is 1.44. The van der Waals surface area contributed by atoms with Crippen molar-refractivity contribution >= 4 is 21.6 Å². The summed E-state index contributed by atoms with van der Waals surface area (Å²) in [4.78, 5) is 4.17. The van der Waals surface area contributed by atoms with E-state index in [1.807, 2.05) is 38.1 Å². The Morgan fingerprint density at radius 2 is 2.00 bits per heavy atom. The Bertz CT molecular complexity index is 555. The van der Waals surface area contributed by atoms with Crippen LogP contribution in [0.1, 0.15) is 11.1 Å². The zero-order chi connectivity index (χ0) is 12.4. The van der Waals surface area contributed by atoms with E-state index in [2.05, 4.69) is 20.9 Å². The molecule has 2 N–H and O–H groups in total. The molecule has 88 valence electrons. The zero-order valence-electron chi connectivity index (χ0n) is 9.70. The number of nitrogens with two attached hydrogens (primary N) is 1. The molecule has 1 aromatic carbocycles. The number of rotatable bonds is 2. The van der Waals surface area contributed by atoms with Gasteiger partial charge in [0.2, 0.25) is 5.88 Å². The lowest BCUT2D eigenvalue weighted by molar-refractivity contribution is 0.464. The first kappa shape index (κ1) is 11.9. The van der Waals surface area contributed by atoms with Gasteiger partial charge in [-0.3, -0.25) is 0 Å². The fourth-order valence-corrected chi connectivity index (χ4v) is 1.66. The molecule has 0 unspecified atom stereocenters. The van der Waals surface area contributed by atoms with E-state index in [1.54, 1.807) is 6.20 Å². The Balaban J connectivity index is 2.28. The lowest BCUT2D eigenvalue weighted by atomic mass is 10.2. The summed E-state index contributed by atoms with van der Waals surface area (Å²) in [5, 5.41) is 0. The van der Waals surface area contributed by atoms with Gasteiger partial charge < -0.3 is 10.5 Å². The van der Waals surface area contributed by atoms with Crippen LogP contribution in [0.3, 0.4) is 0 Å². The van der Waals surface area contributed by atoms with Crippen LogP contribution in [0.4, 0.5) is 5.69 Å². The molecule has 0 saturated heterocycles. The second-order valence-electron chi connectivity index (χ2n) is 3.92. The normalized spacial score (nSPS) is 10.3. The van der Waals surface area contributed by atoms with Crippen molar-refractivity contribution in [2.45, 2.75) is 13.8 Å². The third-order valence-electron chi connectivity index (χ3n) is 2.40. The molecule has 0 fully saturated rings. The Hall–Kier alpha value is -1.55. The molecule has 0 bridgehead atoms. The molecule has 0 aliphatic heterocycles. The van der Waals surface area contributed by atoms with Crippen LogP contribution in [0.15, 0.2) is 34.9 Å². The van der Waals surface area contributed by atoms with Gasteiger partial charge in [0.05, 0.1) is 5.69 Å². The molecule has 17 heavy (non-hydrogen) atoms. The van der Waals surface area contributed by atoms with Gasteiger partial charge in [0.25, 0.3) is 0 Å². The van der Waals surface area contributed by atoms with Crippen LogP contribution >= 0.6 is 15.9 Å². The molecule has 0 aliphatic carbocycles. The maximum atomic E-state index is 5.88. The smallest absolute Gasteiger partial charge is 0.219 e. The summed E-state index contributed by atoms with van der Waals surface area (Å²) < 4.78 is 6.60. The molecule has 0 amide bonds. The van der Waals surface area contributed by atoms with Crippen LogP contribution in [0.5, 0.6) is 11.6 Å². The minimum Gasteiger partial charge on any atom is -0.437 e. The summed E-state index contributed by atoms with van der Waals surface area (Å²) in [6.07, 6.45) is 1.72. The first-order valence-electron chi connectivity index (χ1n) is 5.22. The van der Waals surface area contributed by atoms with Gasteiger partial charge in [-0.2, -0.15) is 0 Å². The average molecular weight is 293 g/mol. The van der Waals surface area contributed by atoms with Gasteiger partial charge in [0.15, 0.2) is 5.75 Å². The monoisotopic (exact) mass is 292 g/mol. The quantitative estimate of drug-likeness (QED) is 0.856. The van der Waals surface area contributed by atoms with Crippen LogP contribution in [0, 0.1) is 13.8 Å². The van der Waals surface area contributed by atoms with Gasteiger partial charge in [-0.1, -0.05) is 6.07 Å². The van der Waals surface area contributed by atoms with Gasteiger partial charge in [-0.05, 0) is 53.0 Å². The number of halogens is 1. The number of benzene rings is 1. The van der Waals surface area contributed by atoms with Crippen LogP contribution in [0.25, 0.3) is 0 Å². The highest BCUT2D eigenvalue weighted by Crippen LogP contribution is 2.28. The minimum absolute atomic E-state index is 0.543. The Kier molecular flexibility index (Phi) is 3.33. The zero-order valence-corrected chi connectivity index (χ0v) is 11.3. The van der Waals surface area contributed by atoms with Crippen LogP contribution < -0.4 is 10.5 Å². The van der Waals surface area contributed by atoms with Gasteiger partial charge >= 0.3 is 0 Å². The number of aromatic nitrogens is 1. The van der Waals surface area contributed by atoms with Crippen LogP contribution in [-0.4, -0.2) is 4.98 Å². The molecule has 0 aliphatic rings. The predicted octanol–water partition coefficient (Wildman–Crippen LogP) is 3.84. The minimum atomic E-state index is 0.543. The second kappa shape index (κ2) is 4.75. The van der Waals surface area contributed by atoms with Crippen molar-refractivity contribution in [3.8, 4) is 11.6 Å². The largest absolute Gasteiger partial charge is 0.437 e. The van der Waals surface area contributed by atoms with Gasteiger partial charge in [0, 0.05) is 16.7 Å². The second-order valence-corrected chi connectivity index (χ2v) is 4.77. The van der Waals surface area contributed by atoms with Crippen molar-refractivity contribution < 1.29 is 4.74 Å². The van der Waals surface area contributed by atoms with Gasteiger partial charge in [-0.25, -0.2) is 4.98 Å². The van der Waals surface area contributed by atoms with Crippen molar-refractivity contribution in [1.82, 2.24) is 4.98 Å². The third kappa shape index (κ3) is 2.77. The standard InChI is InChI=1S/C13H13BrN2O/c1-8-3-4-12(11(15)5-8)17-13-6-9(2)10(14)7-16-13/h3-7H,15H2,1-2H3. The molecule has 0 saturated carbocycles. The first-order valence-corrected chi connectivity index (χ1v) is 6.01. The molecule has 4 heteroatoms. The van der Waals surface area contributed by atoms with Crippen LogP contribution in [-0.2, 0) is 0 Å². The van der Waals surface area contributed by atoms with E-state index in [0.717, 1.165) is 15.6 Å². The molecule has 1 heterocycles. The number of hydrogen-bond donors (Lipinski definition) is 1. The summed E-state index contributed by atoms with van der Waals surface area (Å²) in [7, 11) is 0. The highest BCUT2D eigenvalue weighted by atomic mass is 79.9. The number of aryl methyl sites for hydroxylation is 2. The van der Waals surface area contributed by atoms with E-state index in [4.69, 9.17) is 10.5 Å². The van der Waals surface area contributed by atoms with Crippen LogP contribution in [0.2, 0.25) is 0 Å². The lowest BCUT2D eigenvalue weighted by Gasteiger charge is -2.09. The van der Waals surface area contributed by atoms with E-state index in [-0.39, 0.29) is 0 Å². The molecule has 0 radical (unpaired) electrons. The molecule has 2 aromatic rings. The predicted molar refractivity (Wildman–Crippen MR) is 72.3 cm³/mol. The molecule has 0 atom stereocenters. The van der Waals surface area contributed by atoms with E-state index in [0.29, 0.717) is 17.3 Å². The van der Waals surface area contributed by atoms with Crippen molar-refractivity contribution in [3.05, 3.63) is 46.1 Å². The summed E-state index contributed by atoms with van der Waals surface area (Å²) in [5.41, 5.74) is 8.67. The number of anilines is 1. The number of ether oxygens (including phenoxy) is 1. The Morgan fingerprint density at radius 3 is 2.65 bits per heavy atom. The maximum absolute atomic E-state index is 5.88. The number of nitrogens with zero attached hydrogens (tertiary/aromatic N) is 1. The van der Waals surface area contributed by atoms with Crippen molar-refractivity contribution in [1.29, 1.82) is 0 Å². The molecular formula is C13H13BrN2O. The Morgan fingerprint density at radius 1 is 1.24 bits per heavy atom. The summed E-state index contributed by atoms with van der Waals surface area (Å²) in [6.45, 7) is 3.97.